The minimum Gasteiger partial charge on any atom is -0.497 e. The van der Waals surface area contributed by atoms with Crippen molar-refractivity contribution in [2.75, 3.05) is 20.3 Å². The summed E-state index contributed by atoms with van der Waals surface area (Å²) in [5.74, 6) is 0.868. The van der Waals surface area contributed by atoms with Gasteiger partial charge in [-0.05, 0) is 24.1 Å². The molecule has 0 radical (unpaired) electrons. The van der Waals surface area contributed by atoms with E-state index in [0.717, 1.165) is 17.7 Å². The predicted octanol–water partition coefficient (Wildman–Crippen LogP) is 2.56. The van der Waals surface area contributed by atoms with Crippen molar-refractivity contribution >= 4 is 0 Å². The van der Waals surface area contributed by atoms with Crippen LogP contribution in [0.1, 0.15) is 25.0 Å². The second kappa shape index (κ2) is 5.32. The molecule has 3 nitrogen and oxygen atoms in total. The molecule has 1 aromatic carbocycles. The van der Waals surface area contributed by atoms with Crippen LogP contribution in [-0.4, -0.2) is 26.4 Å². The lowest BCUT2D eigenvalue weighted by molar-refractivity contribution is -0.135. The lowest BCUT2D eigenvalue weighted by atomic mass is 10.1. The predicted molar refractivity (Wildman–Crippen MR) is 61.7 cm³/mol. The van der Waals surface area contributed by atoms with E-state index in [2.05, 4.69) is 6.92 Å². The van der Waals surface area contributed by atoms with Gasteiger partial charge < -0.3 is 14.2 Å². The van der Waals surface area contributed by atoms with E-state index in [0.29, 0.717) is 13.2 Å². The van der Waals surface area contributed by atoms with Gasteiger partial charge in [0.05, 0.1) is 26.4 Å². The second-order valence-corrected chi connectivity index (χ2v) is 3.96. The summed E-state index contributed by atoms with van der Waals surface area (Å²) in [7, 11) is 1.67. The van der Waals surface area contributed by atoms with Gasteiger partial charge in [-0.2, -0.15) is 0 Å². The third-order valence-corrected chi connectivity index (χ3v) is 2.91. The molecule has 1 aliphatic heterocycles. The number of rotatable bonds is 3. The summed E-state index contributed by atoms with van der Waals surface area (Å²) in [5.41, 5.74) is 1.15. The molecule has 0 aliphatic carbocycles. The van der Waals surface area contributed by atoms with Crippen LogP contribution in [0, 0.1) is 0 Å². The summed E-state index contributed by atoms with van der Waals surface area (Å²) in [6, 6.07) is 7.95. The number of benzene rings is 1. The fourth-order valence-corrected chi connectivity index (χ4v) is 1.79. The van der Waals surface area contributed by atoms with Crippen molar-refractivity contribution < 1.29 is 14.2 Å². The van der Waals surface area contributed by atoms with Gasteiger partial charge in [0.15, 0.2) is 0 Å². The number of hydrogen-bond donors (Lipinski definition) is 0. The third-order valence-electron chi connectivity index (χ3n) is 2.91. The maximum absolute atomic E-state index is 5.78. The van der Waals surface area contributed by atoms with Gasteiger partial charge in [0, 0.05) is 0 Å². The van der Waals surface area contributed by atoms with Crippen molar-refractivity contribution in [1.29, 1.82) is 0 Å². The molecule has 3 heteroatoms. The van der Waals surface area contributed by atoms with Crippen molar-refractivity contribution in [2.45, 2.75) is 25.6 Å². The smallest absolute Gasteiger partial charge is 0.118 e. The molecule has 0 N–H and O–H groups in total. The van der Waals surface area contributed by atoms with Gasteiger partial charge in [-0.1, -0.05) is 19.1 Å². The van der Waals surface area contributed by atoms with Gasteiger partial charge in [0.25, 0.3) is 0 Å². The minimum atomic E-state index is 0.0636. The molecular formula is C13H18O3. The third kappa shape index (κ3) is 2.54. The zero-order valence-corrected chi connectivity index (χ0v) is 9.81. The van der Waals surface area contributed by atoms with E-state index < -0.39 is 0 Å². The molecule has 0 amide bonds. The average Bonchev–Trinajstić information content (AvgIpc) is 2.39. The fourth-order valence-electron chi connectivity index (χ4n) is 1.79. The highest BCUT2D eigenvalue weighted by molar-refractivity contribution is 5.28. The normalized spacial score (nSPS) is 25.4. The Labute approximate surface area is 96.3 Å². The lowest BCUT2D eigenvalue weighted by Gasteiger charge is -2.29. The van der Waals surface area contributed by atoms with E-state index in [4.69, 9.17) is 14.2 Å². The molecule has 16 heavy (non-hydrogen) atoms. The molecule has 1 aromatic rings. The van der Waals surface area contributed by atoms with Gasteiger partial charge in [-0.15, -0.1) is 0 Å². The highest BCUT2D eigenvalue weighted by Crippen LogP contribution is 2.25. The van der Waals surface area contributed by atoms with Gasteiger partial charge in [-0.25, -0.2) is 0 Å². The van der Waals surface area contributed by atoms with Gasteiger partial charge >= 0.3 is 0 Å². The van der Waals surface area contributed by atoms with Crippen LogP contribution < -0.4 is 4.74 Å². The summed E-state index contributed by atoms with van der Waals surface area (Å²) in [6.07, 6.45) is 1.33. The Morgan fingerprint density at radius 3 is 2.44 bits per heavy atom. The Morgan fingerprint density at radius 1 is 1.19 bits per heavy atom. The largest absolute Gasteiger partial charge is 0.497 e. The van der Waals surface area contributed by atoms with E-state index in [9.17, 15) is 0 Å². The van der Waals surface area contributed by atoms with Crippen LogP contribution in [0.3, 0.4) is 0 Å². The molecule has 0 saturated carbocycles. The highest BCUT2D eigenvalue weighted by Gasteiger charge is 2.22. The highest BCUT2D eigenvalue weighted by atomic mass is 16.6. The summed E-state index contributed by atoms with van der Waals surface area (Å²) in [6.45, 7) is 3.44. The van der Waals surface area contributed by atoms with E-state index in [1.165, 1.54) is 0 Å². The van der Waals surface area contributed by atoms with E-state index in [1.807, 2.05) is 24.3 Å². The molecule has 1 aliphatic rings. The van der Waals surface area contributed by atoms with Crippen LogP contribution in [-0.2, 0) is 9.47 Å². The first kappa shape index (κ1) is 11.4. The Balaban J connectivity index is 1.97. The molecule has 88 valence electrons. The Morgan fingerprint density at radius 2 is 1.94 bits per heavy atom. The zero-order valence-electron chi connectivity index (χ0n) is 9.81. The SMILES string of the molecule is CC[C@@H]1CO[C@@H](c2ccc(OC)cc2)CO1. The van der Waals surface area contributed by atoms with Crippen LogP contribution in [0.4, 0.5) is 0 Å². The summed E-state index contributed by atoms with van der Waals surface area (Å²) >= 11 is 0. The van der Waals surface area contributed by atoms with Crippen molar-refractivity contribution in [3.8, 4) is 5.75 Å². The van der Waals surface area contributed by atoms with Crippen LogP contribution in [0.5, 0.6) is 5.75 Å². The van der Waals surface area contributed by atoms with Gasteiger partial charge in [-0.3, -0.25) is 0 Å². The second-order valence-electron chi connectivity index (χ2n) is 3.96. The maximum atomic E-state index is 5.78. The topological polar surface area (TPSA) is 27.7 Å². The molecule has 1 saturated heterocycles. The van der Waals surface area contributed by atoms with Crippen LogP contribution in [0.2, 0.25) is 0 Å². The Bertz CT molecular complexity index is 312. The molecule has 2 atom stereocenters. The molecule has 0 aromatic heterocycles. The molecule has 0 spiro atoms. The summed E-state index contributed by atoms with van der Waals surface area (Å²) < 4.78 is 16.6. The first-order valence-electron chi connectivity index (χ1n) is 5.70. The van der Waals surface area contributed by atoms with Crippen molar-refractivity contribution in [3.63, 3.8) is 0 Å². The summed E-state index contributed by atoms with van der Waals surface area (Å²) in [5, 5.41) is 0. The molecular weight excluding hydrogens is 204 g/mol. The fraction of sp³-hybridized carbons (Fsp3) is 0.538. The van der Waals surface area contributed by atoms with E-state index in [-0.39, 0.29) is 12.2 Å². The average molecular weight is 222 g/mol. The van der Waals surface area contributed by atoms with Crippen molar-refractivity contribution in [3.05, 3.63) is 29.8 Å². The van der Waals surface area contributed by atoms with Crippen molar-refractivity contribution in [1.82, 2.24) is 0 Å². The molecule has 1 fully saturated rings. The Kier molecular flexibility index (Phi) is 3.80. The standard InChI is InChI=1S/C13H18O3/c1-3-11-8-16-13(9-15-11)10-4-6-12(14-2)7-5-10/h4-7,11,13H,3,8-9H2,1-2H3/t11-,13-/m1/s1. The summed E-state index contributed by atoms with van der Waals surface area (Å²) in [4.78, 5) is 0. The molecule has 2 rings (SSSR count). The minimum absolute atomic E-state index is 0.0636. The lowest BCUT2D eigenvalue weighted by Crippen LogP contribution is -2.30. The zero-order chi connectivity index (χ0) is 11.4. The molecule has 1 heterocycles. The van der Waals surface area contributed by atoms with Gasteiger partial charge in [0.1, 0.15) is 11.9 Å². The van der Waals surface area contributed by atoms with E-state index in [1.54, 1.807) is 7.11 Å². The number of hydrogen-bond acceptors (Lipinski definition) is 3. The van der Waals surface area contributed by atoms with Crippen molar-refractivity contribution in [2.24, 2.45) is 0 Å². The first-order chi connectivity index (χ1) is 7.83. The number of methoxy groups -OCH3 is 1. The first-order valence-corrected chi connectivity index (χ1v) is 5.70. The monoisotopic (exact) mass is 222 g/mol. The van der Waals surface area contributed by atoms with Crippen LogP contribution in [0.15, 0.2) is 24.3 Å². The molecule has 0 bridgehead atoms. The molecule has 0 unspecified atom stereocenters. The quantitative estimate of drug-likeness (QED) is 0.786. The van der Waals surface area contributed by atoms with Gasteiger partial charge in [0.2, 0.25) is 0 Å². The maximum Gasteiger partial charge on any atom is 0.118 e. The van der Waals surface area contributed by atoms with Crippen LogP contribution >= 0.6 is 0 Å². The van der Waals surface area contributed by atoms with Crippen LogP contribution in [0.25, 0.3) is 0 Å². The number of ether oxygens (including phenoxy) is 3. The Hall–Kier alpha value is -1.06. The van der Waals surface area contributed by atoms with E-state index >= 15 is 0 Å².